The van der Waals surface area contributed by atoms with E-state index in [4.69, 9.17) is 10.5 Å². The summed E-state index contributed by atoms with van der Waals surface area (Å²) in [4.78, 5) is 8.05. The van der Waals surface area contributed by atoms with Gasteiger partial charge in [-0.2, -0.15) is 0 Å². The van der Waals surface area contributed by atoms with E-state index in [2.05, 4.69) is 9.97 Å². The zero-order chi connectivity index (χ0) is 9.10. The molecular formula is C8H10N4O. The van der Waals surface area contributed by atoms with Crippen molar-refractivity contribution in [2.45, 2.75) is 0 Å². The molecular weight excluding hydrogens is 168 g/mol. The van der Waals surface area contributed by atoms with Crippen LogP contribution in [-0.2, 0) is 0 Å². The molecule has 0 aliphatic rings. The number of nitrogens with two attached hydrogens (primary N) is 1. The van der Waals surface area contributed by atoms with Crippen LogP contribution in [0.3, 0.4) is 0 Å². The van der Waals surface area contributed by atoms with Gasteiger partial charge in [0.05, 0.1) is 12.4 Å². The van der Waals surface area contributed by atoms with Crippen LogP contribution in [0.15, 0.2) is 24.8 Å². The largest absolute Gasteiger partial charge is 0.476 e. The zero-order valence-corrected chi connectivity index (χ0v) is 7.05. The highest BCUT2D eigenvalue weighted by Gasteiger charge is 2.01. The average molecular weight is 178 g/mol. The van der Waals surface area contributed by atoms with E-state index in [9.17, 15) is 0 Å². The Bertz CT molecular complexity index is 398. The number of imidazole rings is 1. The Balaban J connectivity index is 2.35. The Kier molecular flexibility index (Phi) is 2.09. The SMILES string of the molecule is NCCOc1cnc2cnccn12. The Morgan fingerprint density at radius 2 is 2.38 bits per heavy atom. The number of fused-ring (bicyclic) bond motifs is 1. The van der Waals surface area contributed by atoms with Crippen molar-refractivity contribution in [2.24, 2.45) is 5.73 Å². The molecule has 0 aliphatic heterocycles. The molecule has 0 saturated carbocycles. The standard InChI is InChI=1S/C8H10N4O/c9-1-4-13-8-6-11-7-5-10-2-3-12(7)8/h2-3,5-6H,1,4,9H2. The van der Waals surface area contributed by atoms with Gasteiger partial charge in [0.15, 0.2) is 5.65 Å². The average Bonchev–Trinajstić information content (AvgIpc) is 2.58. The van der Waals surface area contributed by atoms with Crippen molar-refractivity contribution in [3.8, 4) is 5.88 Å². The predicted octanol–water partition coefficient (Wildman–Crippen LogP) is 0.0668. The monoisotopic (exact) mass is 178 g/mol. The van der Waals surface area contributed by atoms with Crippen molar-refractivity contribution < 1.29 is 4.74 Å². The molecule has 5 nitrogen and oxygen atoms in total. The highest BCUT2D eigenvalue weighted by atomic mass is 16.5. The van der Waals surface area contributed by atoms with Gasteiger partial charge in [-0.05, 0) is 0 Å². The highest BCUT2D eigenvalue weighted by molar-refractivity contribution is 5.39. The summed E-state index contributed by atoms with van der Waals surface area (Å²) in [6, 6.07) is 0. The van der Waals surface area contributed by atoms with Crippen LogP contribution in [0.1, 0.15) is 0 Å². The molecule has 0 atom stereocenters. The Hall–Kier alpha value is -1.62. The molecule has 0 fully saturated rings. The van der Waals surface area contributed by atoms with E-state index in [0.29, 0.717) is 19.0 Å². The lowest BCUT2D eigenvalue weighted by Gasteiger charge is -2.02. The number of hydrogen-bond donors (Lipinski definition) is 1. The van der Waals surface area contributed by atoms with Crippen molar-refractivity contribution >= 4 is 5.65 Å². The summed E-state index contributed by atoms with van der Waals surface area (Å²) >= 11 is 0. The van der Waals surface area contributed by atoms with E-state index in [1.807, 2.05) is 4.40 Å². The van der Waals surface area contributed by atoms with Crippen LogP contribution in [0.2, 0.25) is 0 Å². The fourth-order valence-electron chi connectivity index (χ4n) is 1.09. The molecule has 13 heavy (non-hydrogen) atoms. The molecule has 0 aliphatic carbocycles. The topological polar surface area (TPSA) is 65.4 Å². The molecule has 0 aromatic carbocycles. The molecule has 2 N–H and O–H groups in total. The van der Waals surface area contributed by atoms with Gasteiger partial charge in [0.25, 0.3) is 0 Å². The Morgan fingerprint density at radius 1 is 1.46 bits per heavy atom. The lowest BCUT2D eigenvalue weighted by Crippen LogP contribution is -2.11. The fourth-order valence-corrected chi connectivity index (χ4v) is 1.09. The number of rotatable bonds is 3. The number of ether oxygens (including phenoxy) is 1. The molecule has 0 amide bonds. The lowest BCUT2D eigenvalue weighted by molar-refractivity contribution is 0.313. The van der Waals surface area contributed by atoms with Crippen molar-refractivity contribution in [1.29, 1.82) is 0 Å². The van der Waals surface area contributed by atoms with Crippen LogP contribution >= 0.6 is 0 Å². The van der Waals surface area contributed by atoms with Gasteiger partial charge in [0, 0.05) is 18.9 Å². The van der Waals surface area contributed by atoms with Crippen molar-refractivity contribution in [2.75, 3.05) is 13.2 Å². The maximum absolute atomic E-state index is 5.36. The van der Waals surface area contributed by atoms with Gasteiger partial charge < -0.3 is 10.5 Å². The minimum absolute atomic E-state index is 0.496. The molecule has 2 aromatic rings. The second kappa shape index (κ2) is 3.40. The molecule has 68 valence electrons. The van der Waals surface area contributed by atoms with Gasteiger partial charge in [-0.15, -0.1) is 0 Å². The molecule has 0 unspecified atom stereocenters. The van der Waals surface area contributed by atoms with Crippen LogP contribution in [0, 0.1) is 0 Å². The minimum atomic E-state index is 0.496. The number of aromatic nitrogens is 3. The summed E-state index contributed by atoms with van der Waals surface area (Å²) < 4.78 is 7.18. The third-order valence-electron chi connectivity index (χ3n) is 1.65. The zero-order valence-electron chi connectivity index (χ0n) is 7.05. The first-order valence-corrected chi connectivity index (χ1v) is 4.02. The summed E-state index contributed by atoms with van der Waals surface area (Å²) in [5, 5.41) is 0. The summed E-state index contributed by atoms with van der Waals surface area (Å²) in [7, 11) is 0. The van der Waals surface area contributed by atoms with E-state index in [1.165, 1.54) is 0 Å². The second-order valence-electron chi connectivity index (χ2n) is 2.54. The van der Waals surface area contributed by atoms with E-state index in [0.717, 1.165) is 5.65 Å². The van der Waals surface area contributed by atoms with E-state index in [-0.39, 0.29) is 0 Å². The summed E-state index contributed by atoms with van der Waals surface area (Å²) in [5.41, 5.74) is 6.09. The molecule has 2 heterocycles. The fraction of sp³-hybridized carbons (Fsp3) is 0.250. The summed E-state index contributed by atoms with van der Waals surface area (Å²) in [5.74, 6) is 0.697. The minimum Gasteiger partial charge on any atom is -0.476 e. The van der Waals surface area contributed by atoms with Gasteiger partial charge in [-0.3, -0.25) is 9.38 Å². The molecule has 2 aromatic heterocycles. The van der Waals surface area contributed by atoms with Gasteiger partial charge in [0.1, 0.15) is 6.61 Å². The second-order valence-corrected chi connectivity index (χ2v) is 2.54. The summed E-state index contributed by atoms with van der Waals surface area (Å²) in [6.45, 7) is 0.994. The molecule has 0 saturated heterocycles. The quantitative estimate of drug-likeness (QED) is 0.722. The third kappa shape index (κ3) is 1.46. The number of hydrogen-bond acceptors (Lipinski definition) is 4. The molecule has 0 bridgehead atoms. The first kappa shape index (κ1) is 8.00. The molecule has 0 spiro atoms. The van der Waals surface area contributed by atoms with Crippen molar-refractivity contribution in [3.63, 3.8) is 0 Å². The highest BCUT2D eigenvalue weighted by Crippen LogP contribution is 2.11. The van der Waals surface area contributed by atoms with E-state index in [1.54, 1.807) is 24.8 Å². The van der Waals surface area contributed by atoms with Gasteiger partial charge in [-0.25, -0.2) is 4.98 Å². The lowest BCUT2D eigenvalue weighted by atomic mass is 10.7. The van der Waals surface area contributed by atoms with Crippen LogP contribution in [0.25, 0.3) is 5.65 Å². The summed E-state index contributed by atoms with van der Waals surface area (Å²) in [6.07, 6.45) is 6.82. The predicted molar refractivity (Wildman–Crippen MR) is 47.5 cm³/mol. The van der Waals surface area contributed by atoms with Gasteiger partial charge in [0.2, 0.25) is 5.88 Å². The molecule has 5 heteroatoms. The first-order chi connectivity index (χ1) is 6.42. The third-order valence-corrected chi connectivity index (χ3v) is 1.65. The Morgan fingerprint density at radius 3 is 3.23 bits per heavy atom. The van der Waals surface area contributed by atoms with E-state index >= 15 is 0 Å². The van der Waals surface area contributed by atoms with Gasteiger partial charge in [-0.1, -0.05) is 0 Å². The van der Waals surface area contributed by atoms with Crippen molar-refractivity contribution in [3.05, 3.63) is 24.8 Å². The molecule has 0 radical (unpaired) electrons. The van der Waals surface area contributed by atoms with Crippen LogP contribution in [0.4, 0.5) is 0 Å². The Labute approximate surface area is 75.2 Å². The maximum atomic E-state index is 5.36. The first-order valence-electron chi connectivity index (χ1n) is 4.02. The van der Waals surface area contributed by atoms with E-state index < -0.39 is 0 Å². The molecule has 2 rings (SSSR count). The van der Waals surface area contributed by atoms with Crippen LogP contribution < -0.4 is 10.5 Å². The number of nitrogens with zero attached hydrogens (tertiary/aromatic N) is 3. The maximum Gasteiger partial charge on any atom is 0.218 e. The van der Waals surface area contributed by atoms with Crippen LogP contribution in [0.5, 0.6) is 5.88 Å². The van der Waals surface area contributed by atoms with Crippen LogP contribution in [-0.4, -0.2) is 27.5 Å². The van der Waals surface area contributed by atoms with Crippen molar-refractivity contribution in [1.82, 2.24) is 14.4 Å². The smallest absolute Gasteiger partial charge is 0.218 e. The van der Waals surface area contributed by atoms with Gasteiger partial charge >= 0.3 is 0 Å². The normalized spacial score (nSPS) is 10.5.